The number of benzene rings is 2. The van der Waals surface area contributed by atoms with Gasteiger partial charge in [-0.3, -0.25) is 0 Å². The van der Waals surface area contributed by atoms with Crippen LogP contribution in [-0.4, -0.2) is 34.6 Å². The lowest BCUT2D eigenvalue weighted by atomic mass is 9.58. The number of phenols is 1. The first-order chi connectivity index (χ1) is 14.1. The highest BCUT2D eigenvalue weighted by molar-refractivity contribution is 5.85. The minimum Gasteiger partial charge on any atom is -0.508 e. The number of likely N-dealkylation sites (tertiary alicyclic amines) is 1. The number of nitrogens with zero attached hydrogens (tertiary/aromatic N) is 1. The fraction of sp³-hybridized carbons (Fsp3) is 0.440. The normalized spacial score (nSPS) is 27.0. The zero-order valence-electron chi connectivity index (χ0n) is 16.6. The van der Waals surface area contributed by atoms with Crippen molar-refractivity contribution in [3.05, 3.63) is 65.1 Å². The van der Waals surface area contributed by atoms with Gasteiger partial charge in [0.2, 0.25) is 0 Å². The molecule has 2 heterocycles. The van der Waals surface area contributed by atoms with Gasteiger partial charge in [-0.15, -0.1) is 0 Å². The number of phenolic OH excluding ortho intramolecular Hbond substituents is 1. The van der Waals surface area contributed by atoms with E-state index in [1.165, 1.54) is 36.2 Å². The van der Waals surface area contributed by atoms with Crippen LogP contribution in [0.25, 0.3) is 10.9 Å². The van der Waals surface area contributed by atoms with Gasteiger partial charge in [-0.1, -0.05) is 24.3 Å². The van der Waals surface area contributed by atoms with Crippen LogP contribution in [0.3, 0.4) is 0 Å². The van der Waals surface area contributed by atoms with E-state index in [-0.39, 0.29) is 11.2 Å². The summed E-state index contributed by atoms with van der Waals surface area (Å²) in [5, 5.41) is 11.2. The summed E-state index contributed by atoms with van der Waals surface area (Å²) in [6.45, 7) is 3.42. The van der Waals surface area contributed by atoms with Crippen LogP contribution in [0.4, 0.5) is 4.39 Å². The molecule has 0 amide bonds. The van der Waals surface area contributed by atoms with Gasteiger partial charge in [0.1, 0.15) is 11.6 Å². The number of nitrogens with one attached hydrogen (secondary N) is 1. The number of aromatic hydroxyl groups is 1. The van der Waals surface area contributed by atoms with Crippen molar-refractivity contribution in [2.45, 2.75) is 37.5 Å². The molecule has 150 valence electrons. The SMILES string of the molecule is Oc1cccc(C23CCN(CC4CC4)CC2Cc2c([nH]c4c(F)cccc24)C3)c1. The second kappa shape index (κ2) is 6.33. The molecule has 0 radical (unpaired) electrons. The van der Waals surface area contributed by atoms with Gasteiger partial charge in [0.15, 0.2) is 0 Å². The molecular weight excluding hydrogens is 363 g/mol. The number of aromatic amines is 1. The molecule has 3 aliphatic rings. The van der Waals surface area contributed by atoms with E-state index in [1.54, 1.807) is 12.1 Å². The summed E-state index contributed by atoms with van der Waals surface area (Å²) in [7, 11) is 0. The molecule has 3 nitrogen and oxygen atoms in total. The standard InChI is InChI=1S/C25H27FN2O/c26-22-6-2-5-20-21-12-18-15-28(14-16-7-8-16)10-9-25(18,13-23(21)27-24(20)22)17-3-1-4-19(29)11-17/h1-6,11,16,18,27,29H,7-10,12-15H2. The average molecular weight is 391 g/mol. The highest BCUT2D eigenvalue weighted by Crippen LogP contribution is 2.50. The van der Waals surface area contributed by atoms with E-state index in [2.05, 4.69) is 22.0 Å². The number of piperidine rings is 1. The van der Waals surface area contributed by atoms with E-state index in [4.69, 9.17) is 0 Å². The van der Waals surface area contributed by atoms with Crippen LogP contribution in [-0.2, 0) is 18.3 Å². The lowest BCUT2D eigenvalue weighted by molar-refractivity contribution is 0.0783. The lowest BCUT2D eigenvalue weighted by Gasteiger charge is -2.51. The largest absolute Gasteiger partial charge is 0.508 e. The van der Waals surface area contributed by atoms with Gasteiger partial charge in [-0.05, 0) is 79.8 Å². The molecule has 2 N–H and O–H groups in total. The van der Waals surface area contributed by atoms with E-state index in [9.17, 15) is 9.50 Å². The number of hydrogen-bond donors (Lipinski definition) is 2. The minimum atomic E-state index is -0.165. The van der Waals surface area contributed by atoms with Crippen molar-refractivity contribution < 1.29 is 9.50 Å². The molecule has 1 aromatic heterocycles. The Morgan fingerprint density at radius 1 is 1.17 bits per heavy atom. The lowest BCUT2D eigenvalue weighted by Crippen LogP contribution is -2.54. The second-order valence-corrected chi connectivity index (χ2v) is 9.48. The number of para-hydroxylation sites is 1. The second-order valence-electron chi connectivity index (χ2n) is 9.48. The Kier molecular flexibility index (Phi) is 3.83. The summed E-state index contributed by atoms with van der Waals surface area (Å²) < 4.78 is 14.5. The molecule has 29 heavy (non-hydrogen) atoms. The third-order valence-corrected chi connectivity index (χ3v) is 7.69. The number of fused-ring (bicyclic) bond motifs is 4. The Balaban J connectivity index is 1.46. The van der Waals surface area contributed by atoms with Gasteiger partial charge in [0.05, 0.1) is 5.52 Å². The van der Waals surface area contributed by atoms with Gasteiger partial charge in [0, 0.05) is 29.6 Å². The molecular formula is C25H27FN2O. The van der Waals surface area contributed by atoms with Gasteiger partial charge < -0.3 is 15.0 Å². The summed E-state index contributed by atoms with van der Waals surface area (Å²) in [5.41, 5.74) is 4.37. The summed E-state index contributed by atoms with van der Waals surface area (Å²) in [4.78, 5) is 6.09. The molecule has 2 aliphatic carbocycles. The maximum absolute atomic E-state index is 14.5. The van der Waals surface area contributed by atoms with E-state index < -0.39 is 0 Å². The number of hydrogen-bond acceptors (Lipinski definition) is 2. The molecule has 2 unspecified atom stereocenters. The van der Waals surface area contributed by atoms with Crippen molar-refractivity contribution in [2.24, 2.45) is 11.8 Å². The van der Waals surface area contributed by atoms with E-state index in [0.29, 0.717) is 17.2 Å². The van der Waals surface area contributed by atoms with Crippen molar-refractivity contribution >= 4 is 10.9 Å². The molecule has 4 heteroatoms. The Morgan fingerprint density at radius 3 is 2.86 bits per heavy atom. The molecule has 1 saturated carbocycles. The predicted octanol–water partition coefficient (Wildman–Crippen LogP) is 4.78. The molecule has 1 aliphatic heterocycles. The van der Waals surface area contributed by atoms with Gasteiger partial charge in [-0.2, -0.15) is 0 Å². The van der Waals surface area contributed by atoms with Crippen molar-refractivity contribution in [1.82, 2.24) is 9.88 Å². The smallest absolute Gasteiger partial charge is 0.147 e. The van der Waals surface area contributed by atoms with Crippen molar-refractivity contribution in [1.29, 1.82) is 0 Å². The fourth-order valence-corrected chi connectivity index (χ4v) is 6.00. The molecule has 6 rings (SSSR count). The Hall–Kier alpha value is -2.33. The summed E-state index contributed by atoms with van der Waals surface area (Å²) in [5.74, 6) is 1.54. The molecule has 2 atom stereocenters. The highest BCUT2D eigenvalue weighted by atomic mass is 19.1. The first-order valence-electron chi connectivity index (χ1n) is 10.9. The quantitative estimate of drug-likeness (QED) is 0.675. The molecule has 1 saturated heterocycles. The van der Waals surface area contributed by atoms with Crippen LogP contribution < -0.4 is 0 Å². The first-order valence-corrected chi connectivity index (χ1v) is 10.9. The third kappa shape index (κ3) is 2.80. The fourth-order valence-electron chi connectivity index (χ4n) is 6.00. The van der Waals surface area contributed by atoms with Crippen LogP contribution in [0, 0.1) is 17.7 Å². The van der Waals surface area contributed by atoms with E-state index in [0.717, 1.165) is 43.7 Å². The monoisotopic (exact) mass is 390 g/mol. The topological polar surface area (TPSA) is 39.3 Å². The Morgan fingerprint density at radius 2 is 2.03 bits per heavy atom. The molecule has 2 fully saturated rings. The van der Waals surface area contributed by atoms with Crippen LogP contribution in [0.15, 0.2) is 42.5 Å². The van der Waals surface area contributed by atoms with Gasteiger partial charge >= 0.3 is 0 Å². The maximum Gasteiger partial charge on any atom is 0.147 e. The molecule has 3 aromatic rings. The first kappa shape index (κ1) is 17.5. The van der Waals surface area contributed by atoms with Gasteiger partial charge in [-0.25, -0.2) is 4.39 Å². The number of aromatic nitrogens is 1. The molecule has 0 spiro atoms. The molecule has 0 bridgehead atoms. The predicted molar refractivity (Wildman–Crippen MR) is 113 cm³/mol. The van der Waals surface area contributed by atoms with Crippen LogP contribution in [0.1, 0.15) is 36.1 Å². The van der Waals surface area contributed by atoms with E-state index in [1.807, 2.05) is 18.2 Å². The van der Waals surface area contributed by atoms with E-state index >= 15 is 0 Å². The zero-order valence-corrected chi connectivity index (χ0v) is 16.6. The summed E-state index contributed by atoms with van der Waals surface area (Å²) >= 11 is 0. The van der Waals surface area contributed by atoms with Gasteiger partial charge in [0.25, 0.3) is 0 Å². The van der Waals surface area contributed by atoms with Crippen LogP contribution >= 0.6 is 0 Å². The van der Waals surface area contributed by atoms with Crippen molar-refractivity contribution in [3.8, 4) is 5.75 Å². The number of rotatable bonds is 3. The molecule has 2 aromatic carbocycles. The van der Waals surface area contributed by atoms with Crippen LogP contribution in [0.2, 0.25) is 0 Å². The average Bonchev–Trinajstić information content (AvgIpc) is 3.46. The number of H-pyrrole nitrogens is 1. The minimum absolute atomic E-state index is 0.00312. The third-order valence-electron chi connectivity index (χ3n) is 7.69. The maximum atomic E-state index is 14.5. The highest BCUT2D eigenvalue weighted by Gasteiger charge is 2.48. The number of halogens is 1. The van der Waals surface area contributed by atoms with Crippen molar-refractivity contribution in [2.75, 3.05) is 19.6 Å². The Bertz CT molecular complexity index is 1090. The summed E-state index contributed by atoms with van der Waals surface area (Å²) in [6.07, 6.45) is 5.71. The zero-order chi connectivity index (χ0) is 19.6. The van der Waals surface area contributed by atoms with Crippen LogP contribution in [0.5, 0.6) is 5.75 Å². The Labute approximate surface area is 170 Å². The van der Waals surface area contributed by atoms with Crippen molar-refractivity contribution in [3.63, 3.8) is 0 Å². The summed E-state index contributed by atoms with van der Waals surface area (Å²) in [6, 6.07) is 13.3.